The summed E-state index contributed by atoms with van der Waals surface area (Å²) in [4.78, 5) is 24.5. The molecule has 0 aromatic heterocycles. The van der Waals surface area contributed by atoms with Gasteiger partial charge in [-0.15, -0.1) is 0 Å². The number of ether oxygens (including phenoxy) is 3. The van der Waals surface area contributed by atoms with Crippen LogP contribution >= 0.6 is 0 Å². The molecule has 0 heterocycles. The van der Waals surface area contributed by atoms with E-state index in [-0.39, 0.29) is 19.1 Å². The summed E-state index contributed by atoms with van der Waals surface area (Å²) in [5.74, 6) is 0.440. The molecule has 0 aliphatic rings. The topological polar surface area (TPSA) is 73.9 Å². The highest BCUT2D eigenvalue weighted by Crippen LogP contribution is 2.29. The molecule has 166 valence electrons. The van der Waals surface area contributed by atoms with Crippen LogP contribution in [-0.2, 0) is 20.7 Å². The minimum Gasteiger partial charge on any atom is -0.497 e. The molecule has 1 N–H and O–H groups in total. The average molecular weight is 434 g/mol. The smallest absolute Gasteiger partial charge is 0.310 e. The summed E-state index contributed by atoms with van der Waals surface area (Å²) in [5, 5.41) is 2.82. The molecule has 0 aliphatic heterocycles. The van der Waals surface area contributed by atoms with Gasteiger partial charge < -0.3 is 19.5 Å². The molecule has 6 heteroatoms. The molecule has 1 atom stereocenters. The fraction of sp³-hybridized carbons (Fsp3) is 0.231. The van der Waals surface area contributed by atoms with E-state index in [1.54, 1.807) is 32.4 Å². The third kappa shape index (κ3) is 6.11. The Morgan fingerprint density at radius 1 is 0.875 bits per heavy atom. The Balaban J connectivity index is 1.50. The lowest BCUT2D eigenvalue weighted by atomic mass is 10.0. The summed E-state index contributed by atoms with van der Waals surface area (Å²) >= 11 is 0. The quantitative estimate of drug-likeness (QED) is 0.509. The van der Waals surface area contributed by atoms with Crippen LogP contribution < -0.4 is 14.8 Å². The molecule has 0 saturated carbocycles. The SMILES string of the molecule is COc1ccc(OC)c(C(C)NC(=O)COC(=O)Cc2ccc(-c3ccccc3)cc2)c1. The fourth-order valence-electron chi connectivity index (χ4n) is 3.35. The molecular formula is C26H27NO5. The first-order valence-electron chi connectivity index (χ1n) is 10.3. The van der Waals surface area contributed by atoms with Crippen molar-refractivity contribution in [2.24, 2.45) is 0 Å². The van der Waals surface area contributed by atoms with E-state index < -0.39 is 11.9 Å². The van der Waals surface area contributed by atoms with Crippen molar-refractivity contribution < 1.29 is 23.8 Å². The summed E-state index contributed by atoms with van der Waals surface area (Å²) in [6.07, 6.45) is 0.0988. The van der Waals surface area contributed by atoms with E-state index in [9.17, 15) is 9.59 Å². The van der Waals surface area contributed by atoms with Crippen LogP contribution in [0.5, 0.6) is 11.5 Å². The summed E-state index contributed by atoms with van der Waals surface area (Å²) in [5.41, 5.74) is 3.78. The highest BCUT2D eigenvalue weighted by atomic mass is 16.5. The second-order valence-electron chi connectivity index (χ2n) is 7.30. The van der Waals surface area contributed by atoms with Gasteiger partial charge >= 0.3 is 5.97 Å². The number of hydrogen-bond donors (Lipinski definition) is 1. The lowest BCUT2D eigenvalue weighted by molar-refractivity contribution is -0.148. The first-order valence-corrected chi connectivity index (χ1v) is 10.3. The molecule has 0 aliphatic carbocycles. The van der Waals surface area contributed by atoms with E-state index >= 15 is 0 Å². The van der Waals surface area contributed by atoms with Crippen molar-refractivity contribution in [1.29, 1.82) is 0 Å². The van der Waals surface area contributed by atoms with Crippen molar-refractivity contribution in [2.45, 2.75) is 19.4 Å². The molecule has 0 saturated heterocycles. The van der Waals surface area contributed by atoms with E-state index in [1.807, 2.05) is 61.5 Å². The van der Waals surface area contributed by atoms with Crippen LogP contribution in [0.15, 0.2) is 72.8 Å². The van der Waals surface area contributed by atoms with Gasteiger partial charge in [-0.2, -0.15) is 0 Å². The zero-order valence-corrected chi connectivity index (χ0v) is 18.5. The molecule has 6 nitrogen and oxygen atoms in total. The van der Waals surface area contributed by atoms with Gasteiger partial charge in [0.1, 0.15) is 11.5 Å². The standard InChI is InChI=1S/C26H27NO5/c1-18(23-16-22(30-2)13-14-24(23)31-3)27-25(28)17-32-26(29)15-19-9-11-21(12-10-19)20-7-5-4-6-8-20/h4-14,16,18H,15,17H2,1-3H3,(H,27,28). The number of amides is 1. The van der Waals surface area contributed by atoms with Crippen molar-refractivity contribution >= 4 is 11.9 Å². The summed E-state index contributed by atoms with van der Waals surface area (Å²) < 4.78 is 15.8. The van der Waals surface area contributed by atoms with Crippen molar-refractivity contribution in [3.05, 3.63) is 83.9 Å². The van der Waals surface area contributed by atoms with Crippen LogP contribution in [0.3, 0.4) is 0 Å². The predicted molar refractivity (Wildman–Crippen MR) is 123 cm³/mol. The van der Waals surface area contributed by atoms with Crippen molar-refractivity contribution in [3.63, 3.8) is 0 Å². The van der Waals surface area contributed by atoms with E-state index in [1.165, 1.54) is 0 Å². The molecule has 0 fully saturated rings. The Hall–Kier alpha value is -3.80. The third-order valence-corrected chi connectivity index (χ3v) is 5.05. The molecule has 1 amide bonds. The van der Waals surface area contributed by atoms with Crippen molar-refractivity contribution in [1.82, 2.24) is 5.32 Å². The number of carbonyl (C=O) groups is 2. The number of esters is 1. The second-order valence-corrected chi connectivity index (χ2v) is 7.30. The molecular weight excluding hydrogens is 406 g/mol. The Morgan fingerprint density at radius 2 is 1.56 bits per heavy atom. The van der Waals surface area contributed by atoms with Crippen LogP contribution in [-0.4, -0.2) is 32.7 Å². The maximum Gasteiger partial charge on any atom is 0.310 e. The predicted octanol–water partition coefficient (Wildman–Crippen LogP) is 4.33. The molecule has 0 radical (unpaired) electrons. The molecule has 3 rings (SSSR count). The molecule has 0 spiro atoms. The van der Waals surface area contributed by atoms with Gasteiger partial charge in [-0.3, -0.25) is 9.59 Å². The first-order chi connectivity index (χ1) is 15.5. The third-order valence-electron chi connectivity index (χ3n) is 5.05. The number of hydrogen-bond acceptors (Lipinski definition) is 5. The zero-order chi connectivity index (χ0) is 22.9. The normalized spacial score (nSPS) is 11.3. The fourth-order valence-corrected chi connectivity index (χ4v) is 3.35. The average Bonchev–Trinajstić information content (AvgIpc) is 2.83. The van der Waals surface area contributed by atoms with Gasteiger partial charge in [0.25, 0.3) is 5.91 Å². The van der Waals surface area contributed by atoms with Gasteiger partial charge in [-0.05, 0) is 41.8 Å². The summed E-state index contributed by atoms with van der Waals surface area (Å²) in [6, 6.07) is 22.7. The van der Waals surface area contributed by atoms with Crippen LogP contribution in [0.25, 0.3) is 11.1 Å². The molecule has 32 heavy (non-hydrogen) atoms. The number of rotatable bonds is 9. The van der Waals surface area contributed by atoms with Gasteiger partial charge in [-0.1, -0.05) is 54.6 Å². The number of carbonyl (C=O) groups excluding carboxylic acids is 2. The van der Waals surface area contributed by atoms with E-state index in [0.29, 0.717) is 11.5 Å². The van der Waals surface area contributed by atoms with Gasteiger partial charge in [0, 0.05) is 5.56 Å². The van der Waals surface area contributed by atoms with Gasteiger partial charge in [-0.25, -0.2) is 0 Å². The Labute approximate surface area is 188 Å². The number of nitrogens with one attached hydrogen (secondary N) is 1. The van der Waals surface area contributed by atoms with Gasteiger partial charge in [0.2, 0.25) is 0 Å². The number of benzene rings is 3. The Bertz CT molecular complexity index is 1050. The van der Waals surface area contributed by atoms with Crippen molar-refractivity contribution in [2.75, 3.05) is 20.8 Å². The summed E-state index contributed by atoms with van der Waals surface area (Å²) in [7, 11) is 3.14. The van der Waals surface area contributed by atoms with Crippen LogP contribution in [0.1, 0.15) is 24.1 Å². The van der Waals surface area contributed by atoms with Crippen LogP contribution in [0.4, 0.5) is 0 Å². The largest absolute Gasteiger partial charge is 0.497 e. The second kappa shape index (κ2) is 11.0. The molecule has 3 aromatic carbocycles. The van der Waals surface area contributed by atoms with Gasteiger partial charge in [0.15, 0.2) is 6.61 Å². The lowest BCUT2D eigenvalue weighted by Crippen LogP contribution is -2.31. The highest BCUT2D eigenvalue weighted by Gasteiger charge is 2.16. The zero-order valence-electron chi connectivity index (χ0n) is 18.5. The summed E-state index contributed by atoms with van der Waals surface area (Å²) in [6.45, 7) is 1.48. The Kier molecular flexibility index (Phi) is 7.86. The maximum atomic E-state index is 12.3. The Morgan fingerprint density at radius 3 is 2.22 bits per heavy atom. The lowest BCUT2D eigenvalue weighted by Gasteiger charge is -2.18. The molecule has 1 unspecified atom stereocenters. The van der Waals surface area contributed by atoms with Crippen molar-refractivity contribution in [3.8, 4) is 22.6 Å². The number of methoxy groups -OCH3 is 2. The van der Waals surface area contributed by atoms with E-state index in [4.69, 9.17) is 14.2 Å². The monoisotopic (exact) mass is 433 g/mol. The highest BCUT2D eigenvalue weighted by molar-refractivity contribution is 5.81. The van der Waals surface area contributed by atoms with Gasteiger partial charge in [0.05, 0.1) is 26.7 Å². The maximum absolute atomic E-state index is 12.3. The first kappa shape index (κ1) is 22.9. The molecule has 3 aromatic rings. The molecule has 0 bridgehead atoms. The van der Waals surface area contributed by atoms with Crippen LogP contribution in [0.2, 0.25) is 0 Å². The minimum atomic E-state index is -0.459. The van der Waals surface area contributed by atoms with Crippen LogP contribution in [0, 0.1) is 0 Å². The minimum absolute atomic E-state index is 0.0988. The van der Waals surface area contributed by atoms with E-state index in [0.717, 1.165) is 22.3 Å². The van der Waals surface area contributed by atoms with E-state index in [2.05, 4.69) is 5.32 Å².